The van der Waals surface area contributed by atoms with E-state index in [0.717, 1.165) is 23.6 Å². The highest BCUT2D eigenvalue weighted by Crippen LogP contribution is 2.36. The predicted molar refractivity (Wildman–Crippen MR) is 148 cm³/mol. The fourth-order valence-electron chi connectivity index (χ4n) is 3.73. The summed E-state index contributed by atoms with van der Waals surface area (Å²) in [6.45, 7) is 2.88. The number of rotatable bonds is 12. The summed E-state index contributed by atoms with van der Waals surface area (Å²) in [6.07, 6.45) is -2.35. The molecular formula is C25H29Cl3F3N3O4S. The number of unbranched alkanes of at least 4 members (excludes halogenated alkanes) is 1. The monoisotopic (exact) mass is 629 g/mol. The molecule has 0 aliphatic heterocycles. The lowest BCUT2D eigenvalue weighted by atomic mass is 10.1. The van der Waals surface area contributed by atoms with Gasteiger partial charge in [-0.15, -0.1) is 0 Å². The number of nitrogens with one attached hydrogen (secondary N) is 1. The number of halogens is 6. The third-order valence-electron chi connectivity index (χ3n) is 5.79. The van der Waals surface area contributed by atoms with Gasteiger partial charge in [0.25, 0.3) is 0 Å². The first-order valence-electron chi connectivity index (χ1n) is 12.0. The van der Waals surface area contributed by atoms with Gasteiger partial charge in [0.05, 0.1) is 22.5 Å². The lowest BCUT2D eigenvalue weighted by Crippen LogP contribution is -2.52. The maximum absolute atomic E-state index is 13.7. The summed E-state index contributed by atoms with van der Waals surface area (Å²) < 4.78 is 66.0. The van der Waals surface area contributed by atoms with Crippen LogP contribution < -0.4 is 9.62 Å². The zero-order chi connectivity index (χ0) is 29.5. The van der Waals surface area contributed by atoms with E-state index in [1.165, 1.54) is 6.07 Å². The fourth-order valence-corrected chi connectivity index (χ4v) is 5.33. The van der Waals surface area contributed by atoms with Crippen molar-refractivity contribution < 1.29 is 31.2 Å². The Labute approximate surface area is 241 Å². The summed E-state index contributed by atoms with van der Waals surface area (Å²) in [5.74, 6) is -1.31. The predicted octanol–water partition coefficient (Wildman–Crippen LogP) is 6.16. The van der Waals surface area contributed by atoms with Crippen molar-refractivity contribution in [3.63, 3.8) is 0 Å². The minimum absolute atomic E-state index is 0.165. The van der Waals surface area contributed by atoms with Gasteiger partial charge >= 0.3 is 6.18 Å². The van der Waals surface area contributed by atoms with Crippen molar-refractivity contribution >= 4 is 62.3 Å². The molecule has 2 aromatic rings. The number of sulfonamides is 1. The lowest BCUT2D eigenvalue weighted by molar-refractivity contribution is -0.140. The highest BCUT2D eigenvalue weighted by atomic mass is 35.5. The number of hydrogen-bond acceptors (Lipinski definition) is 4. The smallest absolute Gasteiger partial charge is 0.354 e. The fraction of sp³-hybridized carbons (Fsp3) is 0.440. The number of alkyl halides is 3. The Kier molecular flexibility index (Phi) is 11.8. The van der Waals surface area contributed by atoms with Crippen molar-refractivity contribution in [2.75, 3.05) is 23.7 Å². The van der Waals surface area contributed by atoms with Gasteiger partial charge < -0.3 is 10.2 Å². The van der Waals surface area contributed by atoms with E-state index in [2.05, 4.69) is 5.32 Å². The molecular weight excluding hydrogens is 602 g/mol. The summed E-state index contributed by atoms with van der Waals surface area (Å²) >= 11 is 18.4. The quantitative estimate of drug-likeness (QED) is 0.285. The molecule has 0 spiro atoms. The topological polar surface area (TPSA) is 86.8 Å². The molecule has 0 radical (unpaired) electrons. The molecule has 2 rings (SSSR count). The Morgan fingerprint density at radius 3 is 2.23 bits per heavy atom. The molecule has 7 nitrogen and oxygen atoms in total. The first-order chi connectivity index (χ1) is 18.1. The molecule has 39 heavy (non-hydrogen) atoms. The van der Waals surface area contributed by atoms with Crippen molar-refractivity contribution in [3.05, 3.63) is 62.6 Å². The number of benzene rings is 2. The number of anilines is 1. The molecule has 0 fully saturated rings. The third kappa shape index (κ3) is 9.16. The third-order valence-corrected chi connectivity index (χ3v) is 7.83. The summed E-state index contributed by atoms with van der Waals surface area (Å²) in [7, 11) is -4.30. The van der Waals surface area contributed by atoms with Crippen LogP contribution in [0.5, 0.6) is 0 Å². The number of carbonyl (C=O) groups is 2. The van der Waals surface area contributed by atoms with Crippen LogP contribution in [0.1, 0.15) is 44.2 Å². The highest BCUT2D eigenvalue weighted by Gasteiger charge is 2.35. The van der Waals surface area contributed by atoms with E-state index >= 15 is 0 Å². The van der Waals surface area contributed by atoms with Gasteiger partial charge in [-0.2, -0.15) is 13.2 Å². The van der Waals surface area contributed by atoms with Crippen molar-refractivity contribution in [1.82, 2.24) is 10.2 Å². The van der Waals surface area contributed by atoms with Crippen LogP contribution >= 0.6 is 34.8 Å². The summed E-state index contributed by atoms with van der Waals surface area (Å²) in [6, 6.07) is 5.70. The molecule has 1 unspecified atom stereocenters. The van der Waals surface area contributed by atoms with E-state index in [4.69, 9.17) is 34.8 Å². The maximum Gasteiger partial charge on any atom is 0.416 e. The first-order valence-corrected chi connectivity index (χ1v) is 14.9. The van der Waals surface area contributed by atoms with Crippen LogP contribution in [0.2, 0.25) is 15.1 Å². The minimum Gasteiger partial charge on any atom is -0.354 e. The van der Waals surface area contributed by atoms with E-state index < -0.39 is 51.9 Å². The van der Waals surface area contributed by atoms with Gasteiger partial charge in [-0.25, -0.2) is 8.42 Å². The van der Waals surface area contributed by atoms with Crippen molar-refractivity contribution in [1.29, 1.82) is 0 Å². The summed E-state index contributed by atoms with van der Waals surface area (Å²) in [4.78, 5) is 27.9. The molecule has 0 saturated carbocycles. The number of carbonyl (C=O) groups excluding carboxylic acids is 2. The zero-order valence-electron chi connectivity index (χ0n) is 21.5. The molecule has 1 atom stereocenters. The van der Waals surface area contributed by atoms with Gasteiger partial charge in [-0.05, 0) is 48.7 Å². The second-order valence-corrected chi connectivity index (χ2v) is 11.9. The molecule has 1 N–H and O–H groups in total. The van der Waals surface area contributed by atoms with Gasteiger partial charge in [0.2, 0.25) is 21.8 Å². The largest absolute Gasteiger partial charge is 0.416 e. The second-order valence-electron chi connectivity index (χ2n) is 8.76. The molecule has 2 aromatic carbocycles. The Morgan fingerprint density at radius 2 is 1.69 bits per heavy atom. The molecule has 0 bridgehead atoms. The molecule has 2 amide bonds. The molecule has 0 saturated heterocycles. The minimum atomic E-state index is -4.78. The van der Waals surface area contributed by atoms with Gasteiger partial charge in [0.15, 0.2) is 0 Å². The zero-order valence-corrected chi connectivity index (χ0v) is 24.6. The Bertz CT molecular complexity index is 1290. The van der Waals surface area contributed by atoms with Crippen LogP contribution in [-0.4, -0.2) is 50.5 Å². The SMILES string of the molecule is CCCCNC(=O)C(CC)N(Cc1ccc(Cl)cc1Cl)C(=O)CN(c1cc(C(F)(F)F)ccc1Cl)S(C)(=O)=O. The molecule has 0 aliphatic carbocycles. The van der Waals surface area contributed by atoms with E-state index in [-0.39, 0.29) is 23.0 Å². The van der Waals surface area contributed by atoms with E-state index in [1.54, 1.807) is 19.1 Å². The summed E-state index contributed by atoms with van der Waals surface area (Å²) in [5.41, 5.74) is -1.24. The van der Waals surface area contributed by atoms with Crippen molar-refractivity contribution in [3.8, 4) is 0 Å². The van der Waals surface area contributed by atoms with Gasteiger partial charge in [0, 0.05) is 23.1 Å². The van der Waals surface area contributed by atoms with Crippen LogP contribution in [0, 0.1) is 0 Å². The average molecular weight is 631 g/mol. The van der Waals surface area contributed by atoms with Gasteiger partial charge in [-0.3, -0.25) is 13.9 Å². The van der Waals surface area contributed by atoms with Crippen molar-refractivity contribution in [2.24, 2.45) is 0 Å². The Hall–Kier alpha value is -2.21. The number of nitrogens with zero attached hydrogens (tertiary/aromatic N) is 2. The standard InChI is InChI=1S/C25H29Cl3F3N3O4S/c1-4-6-11-32-24(36)21(5-2)33(14-16-7-9-18(26)13-20(16)28)23(35)15-34(39(3,37)38)22-12-17(25(29,30)31)8-10-19(22)27/h7-10,12-13,21H,4-6,11,14-15H2,1-3H3,(H,32,36). The number of amides is 2. The van der Waals surface area contributed by atoms with Crippen LogP contribution in [0.3, 0.4) is 0 Å². The Morgan fingerprint density at radius 1 is 1.03 bits per heavy atom. The highest BCUT2D eigenvalue weighted by molar-refractivity contribution is 7.92. The summed E-state index contributed by atoms with van der Waals surface area (Å²) in [5, 5.41) is 3.01. The van der Waals surface area contributed by atoms with E-state index in [0.29, 0.717) is 40.0 Å². The lowest BCUT2D eigenvalue weighted by Gasteiger charge is -2.33. The number of hydrogen-bond donors (Lipinski definition) is 1. The molecule has 0 aliphatic rings. The van der Waals surface area contributed by atoms with Crippen LogP contribution in [0.4, 0.5) is 18.9 Å². The second kappa shape index (κ2) is 13.9. The van der Waals surface area contributed by atoms with Crippen LogP contribution in [-0.2, 0) is 32.3 Å². The van der Waals surface area contributed by atoms with E-state index in [9.17, 15) is 31.2 Å². The average Bonchev–Trinajstić information content (AvgIpc) is 2.83. The molecule has 14 heteroatoms. The van der Waals surface area contributed by atoms with Gasteiger partial charge in [-0.1, -0.05) is 61.1 Å². The van der Waals surface area contributed by atoms with Crippen LogP contribution in [0.25, 0.3) is 0 Å². The maximum atomic E-state index is 13.7. The van der Waals surface area contributed by atoms with E-state index in [1.807, 2.05) is 6.92 Å². The Balaban J connectivity index is 2.55. The molecule has 0 aromatic heterocycles. The molecule has 0 heterocycles. The normalized spacial score (nSPS) is 12.6. The van der Waals surface area contributed by atoms with Crippen molar-refractivity contribution in [2.45, 2.75) is 51.9 Å². The first kappa shape index (κ1) is 33.0. The molecule has 216 valence electrons. The van der Waals surface area contributed by atoms with Crippen LogP contribution in [0.15, 0.2) is 36.4 Å². The van der Waals surface area contributed by atoms with Gasteiger partial charge in [0.1, 0.15) is 12.6 Å².